The zero-order valence-electron chi connectivity index (χ0n) is 10.4. The monoisotopic (exact) mass is 235 g/mol. The average Bonchev–Trinajstić information content (AvgIpc) is 2.36. The van der Waals surface area contributed by atoms with Crippen LogP contribution in [0.15, 0.2) is 30.3 Å². The Hall–Kier alpha value is -1.35. The summed E-state index contributed by atoms with van der Waals surface area (Å²) in [7, 11) is 0. The van der Waals surface area contributed by atoms with Gasteiger partial charge in [0.1, 0.15) is 0 Å². The largest absolute Gasteiger partial charge is 0.395 e. The van der Waals surface area contributed by atoms with Crippen molar-refractivity contribution in [1.82, 2.24) is 4.90 Å². The summed E-state index contributed by atoms with van der Waals surface area (Å²) >= 11 is 0. The first-order valence-corrected chi connectivity index (χ1v) is 6.20. The number of rotatable bonds is 7. The molecule has 0 atom stereocenters. The Morgan fingerprint density at radius 2 is 1.94 bits per heavy atom. The van der Waals surface area contributed by atoms with E-state index in [0.717, 1.165) is 12.8 Å². The van der Waals surface area contributed by atoms with Gasteiger partial charge in [-0.3, -0.25) is 4.79 Å². The van der Waals surface area contributed by atoms with E-state index in [-0.39, 0.29) is 12.5 Å². The quantitative estimate of drug-likeness (QED) is 0.783. The zero-order valence-corrected chi connectivity index (χ0v) is 10.4. The molecule has 1 amide bonds. The number of hydrogen-bond donors (Lipinski definition) is 1. The summed E-state index contributed by atoms with van der Waals surface area (Å²) in [5, 5.41) is 8.96. The lowest BCUT2D eigenvalue weighted by Crippen LogP contribution is -2.35. The number of aliphatic hydroxyl groups excluding tert-OH is 1. The van der Waals surface area contributed by atoms with Gasteiger partial charge in [-0.2, -0.15) is 0 Å². The Morgan fingerprint density at radius 3 is 2.53 bits per heavy atom. The lowest BCUT2D eigenvalue weighted by atomic mass is 10.1. The van der Waals surface area contributed by atoms with Gasteiger partial charge >= 0.3 is 0 Å². The molecule has 0 saturated carbocycles. The maximum atomic E-state index is 11.8. The van der Waals surface area contributed by atoms with Gasteiger partial charge in [0.2, 0.25) is 5.91 Å². The lowest BCUT2D eigenvalue weighted by Gasteiger charge is -2.21. The van der Waals surface area contributed by atoms with Crippen molar-refractivity contribution in [2.24, 2.45) is 0 Å². The van der Waals surface area contributed by atoms with E-state index in [0.29, 0.717) is 19.5 Å². The molecule has 17 heavy (non-hydrogen) atoms. The maximum Gasteiger partial charge on any atom is 0.222 e. The van der Waals surface area contributed by atoms with Crippen LogP contribution < -0.4 is 0 Å². The normalized spacial score (nSPS) is 10.2. The molecule has 3 heteroatoms. The van der Waals surface area contributed by atoms with Crippen molar-refractivity contribution in [2.45, 2.75) is 26.2 Å². The Balaban J connectivity index is 2.47. The average molecular weight is 235 g/mol. The molecule has 3 nitrogen and oxygen atoms in total. The first-order valence-electron chi connectivity index (χ1n) is 6.20. The molecule has 0 aliphatic carbocycles. The number of nitrogens with zero attached hydrogens (tertiary/aromatic N) is 1. The molecule has 1 rings (SSSR count). The molecule has 0 fully saturated rings. The molecule has 0 unspecified atom stereocenters. The van der Waals surface area contributed by atoms with E-state index in [1.165, 1.54) is 5.56 Å². The molecule has 94 valence electrons. The SMILES string of the molecule is CCCC(=O)N(CCO)CCc1ccccc1. The molecule has 0 bridgehead atoms. The van der Waals surface area contributed by atoms with Gasteiger partial charge in [0, 0.05) is 19.5 Å². The Morgan fingerprint density at radius 1 is 1.24 bits per heavy atom. The fourth-order valence-electron chi connectivity index (χ4n) is 1.76. The summed E-state index contributed by atoms with van der Waals surface area (Å²) in [6.07, 6.45) is 2.26. The van der Waals surface area contributed by atoms with Gasteiger partial charge in [0.15, 0.2) is 0 Å². The first-order chi connectivity index (χ1) is 8.27. The second-order valence-electron chi connectivity index (χ2n) is 4.09. The van der Waals surface area contributed by atoms with Gasteiger partial charge in [-0.05, 0) is 18.4 Å². The third-order valence-electron chi connectivity index (χ3n) is 2.70. The van der Waals surface area contributed by atoms with Gasteiger partial charge in [-0.25, -0.2) is 0 Å². The topological polar surface area (TPSA) is 40.5 Å². The minimum atomic E-state index is 0.0320. The van der Waals surface area contributed by atoms with Crippen molar-refractivity contribution in [3.8, 4) is 0 Å². The van der Waals surface area contributed by atoms with Crippen LogP contribution >= 0.6 is 0 Å². The lowest BCUT2D eigenvalue weighted by molar-refractivity contribution is -0.131. The molecule has 1 N–H and O–H groups in total. The van der Waals surface area contributed by atoms with Gasteiger partial charge in [-0.1, -0.05) is 37.3 Å². The second kappa shape index (κ2) is 7.85. The molecule has 1 aromatic rings. The van der Waals surface area contributed by atoms with E-state index in [4.69, 9.17) is 5.11 Å². The first kappa shape index (κ1) is 13.7. The van der Waals surface area contributed by atoms with Crippen molar-refractivity contribution in [1.29, 1.82) is 0 Å². The van der Waals surface area contributed by atoms with Gasteiger partial charge < -0.3 is 10.0 Å². The van der Waals surface area contributed by atoms with Crippen LogP contribution in [0.1, 0.15) is 25.3 Å². The summed E-state index contributed by atoms with van der Waals surface area (Å²) in [6.45, 7) is 3.14. The molecule has 0 aliphatic rings. The molecule has 1 aromatic carbocycles. The summed E-state index contributed by atoms with van der Waals surface area (Å²) in [5.74, 6) is 0.137. The number of carbonyl (C=O) groups is 1. The standard InChI is InChI=1S/C14H21NO2/c1-2-6-14(17)15(11-12-16)10-9-13-7-4-3-5-8-13/h3-5,7-8,16H,2,6,9-12H2,1H3. The number of hydrogen-bond acceptors (Lipinski definition) is 2. The summed E-state index contributed by atoms with van der Waals surface area (Å²) in [4.78, 5) is 13.5. The molecule has 0 saturated heterocycles. The van der Waals surface area contributed by atoms with E-state index >= 15 is 0 Å². The maximum absolute atomic E-state index is 11.8. The number of carbonyl (C=O) groups excluding carboxylic acids is 1. The van der Waals surface area contributed by atoms with E-state index in [1.54, 1.807) is 4.90 Å². The van der Waals surface area contributed by atoms with Crippen LogP contribution in [0.2, 0.25) is 0 Å². The van der Waals surface area contributed by atoms with E-state index in [1.807, 2.05) is 25.1 Å². The molecule has 0 heterocycles. The van der Waals surface area contributed by atoms with Crippen LogP contribution in [0, 0.1) is 0 Å². The van der Waals surface area contributed by atoms with Crippen molar-refractivity contribution in [2.75, 3.05) is 19.7 Å². The van der Waals surface area contributed by atoms with Crippen LogP contribution in [-0.2, 0) is 11.2 Å². The number of aliphatic hydroxyl groups is 1. The fraction of sp³-hybridized carbons (Fsp3) is 0.500. The van der Waals surface area contributed by atoms with Gasteiger partial charge in [0.05, 0.1) is 6.61 Å². The third kappa shape index (κ3) is 5.00. The highest BCUT2D eigenvalue weighted by molar-refractivity contribution is 5.76. The Bertz CT molecular complexity index is 324. The fourth-order valence-corrected chi connectivity index (χ4v) is 1.76. The van der Waals surface area contributed by atoms with E-state index < -0.39 is 0 Å². The predicted octanol–water partition coefficient (Wildman–Crippen LogP) is 1.85. The zero-order chi connectivity index (χ0) is 12.5. The summed E-state index contributed by atoms with van der Waals surface area (Å²) in [6, 6.07) is 10.1. The van der Waals surface area contributed by atoms with Crippen molar-refractivity contribution in [3.63, 3.8) is 0 Å². The highest BCUT2D eigenvalue weighted by atomic mass is 16.3. The second-order valence-corrected chi connectivity index (χ2v) is 4.09. The molecule has 0 aliphatic heterocycles. The smallest absolute Gasteiger partial charge is 0.222 e. The number of amides is 1. The molecule has 0 aromatic heterocycles. The third-order valence-corrected chi connectivity index (χ3v) is 2.70. The number of benzene rings is 1. The van der Waals surface area contributed by atoms with Gasteiger partial charge in [0.25, 0.3) is 0 Å². The van der Waals surface area contributed by atoms with Gasteiger partial charge in [-0.15, -0.1) is 0 Å². The van der Waals surface area contributed by atoms with Crippen molar-refractivity contribution < 1.29 is 9.90 Å². The van der Waals surface area contributed by atoms with E-state index in [9.17, 15) is 4.79 Å². The molecule has 0 radical (unpaired) electrons. The van der Waals surface area contributed by atoms with Crippen LogP contribution in [0.5, 0.6) is 0 Å². The predicted molar refractivity (Wildman–Crippen MR) is 68.7 cm³/mol. The molecular formula is C14H21NO2. The summed E-state index contributed by atoms with van der Waals surface area (Å²) in [5.41, 5.74) is 1.22. The summed E-state index contributed by atoms with van der Waals surface area (Å²) < 4.78 is 0. The Kier molecular flexibility index (Phi) is 6.33. The minimum Gasteiger partial charge on any atom is -0.395 e. The highest BCUT2D eigenvalue weighted by Gasteiger charge is 2.11. The van der Waals surface area contributed by atoms with E-state index in [2.05, 4.69) is 12.1 Å². The van der Waals surface area contributed by atoms with Crippen LogP contribution in [0.3, 0.4) is 0 Å². The van der Waals surface area contributed by atoms with Crippen LogP contribution in [0.25, 0.3) is 0 Å². The van der Waals surface area contributed by atoms with Crippen molar-refractivity contribution in [3.05, 3.63) is 35.9 Å². The van der Waals surface area contributed by atoms with Crippen LogP contribution in [0.4, 0.5) is 0 Å². The van der Waals surface area contributed by atoms with Crippen molar-refractivity contribution >= 4 is 5.91 Å². The van der Waals surface area contributed by atoms with Crippen LogP contribution in [-0.4, -0.2) is 35.6 Å². The molecule has 0 spiro atoms. The molecular weight excluding hydrogens is 214 g/mol. The Labute approximate surface area is 103 Å². The highest BCUT2D eigenvalue weighted by Crippen LogP contribution is 2.03. The minimum absolute atomic E-state index is 0.0320.